The van der Waals surface area contributed by atoms with Crippen LogP contribution in [-0.4, -0.2) is 58.4 Å². The Morgan fingerprint density at radius 2 is 1.97 bits per heavy atom. The molecule has 1 aromatic carbocycles. The monoisotopic (exact) mass is 453 g/mol. The summed E-state index contributed by atoms with van der Waals surface area (Å²) < 4.78 is 1.72. The molecule has 1 fully saturated rings. The molecule has 1 aliphatic rings. The number of carbonyl (C=O) groups excluding carboxylic acids is 1. The molecule has 3 heterocycles. The predicted molar refractivity (Wildman–Crippen MR) is 130 cm³/mol. The fraction of sp³-hybridized carbons (Fsp3) is 0.500. The fourth-order valence-electron chi connectivity index (χ4n) is 4.31. The fourth-order valence-corrected chi connectivity index (χ4v) is 5.34. The minimum atomic E-state index is -0.166. The zero-order valence-electron chi connectivity index (χ0n) is 19.1. The Balaban J connectivity index is 1.57. The standard InChI is InChI=1S/C24H31N5O2S/c1-4-28-20(14-16-27(2)3)25-22-21(23(28)31)26-24(32-22)29-15-8-11-18(29)19(30)13-12-17-9-6-5-7-10-17/h5-7,9-10,18H,4,8,11-16H2,1-3H3/t18-/m1/s1. The maximum absolute atomic E-state index is 13.1. The zero-order valence-corrected chi connectivity index (χ0v) is 19.9. The first-order valence-electron chi connectivity index (χ1n) is 11.4. The highest BCUT2D eigenvalue weighted by atomic mass is 32.1. The van der Waals surface area contributed by atoms with Gasteiger partial charge in [0.05, 0.1) is 6.04 Å². The van der Waals surface area contributed by atoms with Crippen molar-refractivity contribution >= 4 is 32.6 Å². The van der Waals surface area contributed by atoms with E-state index in [-0.39, 0.29) is 17.4 Å². The van der Waals surface area contributed by atoms with Gasteiger partial charge in [0.15, 0.2) is 21.3 Å². The lowest BCUT2D eigenvalue weighted by Crippen LogP contribution is -2.36. The number of likely N-dealkylation sites (N-methyl/N-ethyl adjacent to an activating group) is 1. The molecule has 1 atom stereocenters. The first-order chi connectivity index (χ1) is 15.5. The molecule has 1 saturated heterocycles. The Labute approximate surface area is 192 Å². The van der Waals surface area contributed by atoms with Crippen molar-refractivity contribution in [1.82, 2.24) is 19.4 Å². The Bertz CT molecular complexity index is 1140. The van der Waals surface area contributed by atoms with Gasteiger partial charge in [-0.1, -0.05) is 41.7 Å². The molecule has 0 amide bonds. The molecule has 2 aromatic heterocycles. The van der Waals surface area contributed by atoms with Gasteiger partial charge >= 0.3 is 0 Å². The normalized spacial score (nSPS) is 16.4. The van der Waals surface area contributed by atoms with Crippen molar-refractivity contribution in [3.8, 4) is 0 Å². The van der Waals surface area contributed by atoms with Crippen LogP contribution in [0.5, 0.6) is 0 Å². The van der Waals surface area contributed by atoms with Crippen molar-refractivity contribution in [3.05, 3.63) is 52.1 Å². The lowest BCUT2D eigenvalue weighted by molar-refractivity contribution is -0.120. The average Bonchev–Trinajstić information content (AvgIpc) is 3.44. The van der Waals surface area contributed by atoms with Crippen molar-refractivity contribution < 1.29 is 4.79 Å². The maximum Gasteiger partial charge on any atom is 0.281 e. The molecule has 0 saturated carbocycles. The Kier molecular flexibility index (Phi) is 7.01. The molecule has 7 nitrogen and oxygen atoms in total. The first kappa shape index (κ1) is 22.6. The highest BCUT2D eigenvalue weighted by Gasteiger charge is 2.32. The van der Waals surface area contributed by atoms with Gasteiger partial charge in [-0.15, -0.1) is 0 Å². The molecule has 1 aliphatic heterocycles. The van der Waals surface area contributed by atoms with E-state index in [4.69, 9.17) is 4.98 Å². The van der Waals surface area contributed by atoms with Crippen molar-refractivity contribution in [2.24, 2.45) is 0 Å². The van der Waals surface area contributed by atoms with Crippen molar-refractivity contribution in [2.45, 2.75) is 51.6 Å². The largest absolute Gasteiger partial charge is 0.338 e. The molecule has 4 rings (SSSR count). The maximum atomic E-state index is 13.1. The molecule has 8 heteroatoms. The second-order valence-electron chi connectivity index (χ2n) is 8.58. The summed E-state index contributed by atoms with van der Waals surface area (Å²) >= 11 is 1.44. The van der Waals surface area contributed by atoms with Gasteiger partial charge in [-0.2, -0.15) is 0 Å². The molecule has 0 unspecified atom stereocenters. The van der Waals surface area contributed by atoms with Crippen LogP contribution >= 0.6 is 11.3 Å². The van der Waals surface area contributed by atoms with Gasteiger partial charge in [0.25, 0.3) is 5.56 Å². The second-order valence-corrected chi connectivity index (χ2v) is 9.54. The van der Waals surface area contributed by atoms with Crippen molar-refractivity contribution in [3.63, 3.8) is 0 Å². The predicted octanol–water partition coefficient (Wildman–Crippen LogP) is 3.15. The molecule has 0 N–H and O–H groups in total. The van der Waals surface area contributed by atoms with Crippen LogP contribution in [0.25, 0.3) is 10.3 Å². The van der Waals surface area contributed by atoms with Crippen LogP contribution in [0, 0.1) is 0 Å². The van der Waals surface area contributed by atoms with E-state index in [0.717, 1.165) is 43.3 Å². The Hall–Kier alpha value is -2.58. The number of thiazole rings is 1. The van der Waals surface area contributed by atoms with Crippen LogP contribution in [0.15, 0.2) is 35.1 Å². The average molecular weight is 454 g/mol. The third-order valence-electron chi connectivity index (χ3n) is 6.06. The number of Topliss-reactive ketones (excluding diaryl/α,β-unsaturated/α-hetero) is 1. The summed E-state index contributed by atoms with van der Waals surface area (Å²) in [5, 5.41) is 0.743. The van der Waals surface area contributed by atoms with E-state index in [2.05, 4.69) is 26.9 Å². The summed E-state index contributed by atoms with van der Waals surface area (Å²) in [5.74, 6) is 1.04. The van der Waals surface area contributed by atoms with Gasteiger partial charge in [-0.3, -0.25) is 14.2 Å². The number of hydrogen-bond donors (Lipinski definition) is 0. The summed E-state index contributed by atoms with van der Waals surface area (Å²) in [4.78, 5) is 40.5. The van der Waals surface area contributed by atoms with Crippen LogP contribution in [0.2, 0.25) is 0 Å². The molecule has 0 bridgehead atoms. The van der Waals surface area contributed by atoms with E-state index in [0.29, 0.717) is 29.7 Å². The van der Waals surface area contributed by atoms with Gasteiger partial charge < -0.3 is 9.80 Å². The lowest BCUT2D eigenvalue weighted by atomic mass is 10.0. The summed E-state index contributed by atoms with van der Waals surface area (Å²) in [7, 11) is 4.03. The second kappa shape index (κ2) is 9.92. The number of aryl methyl sites for hydroxylation is 1. The quantitative estimate of drug-likeness (QED) is 0.496. The summed E-state index contributed by atoms with van der Waals surface area (Å²) in [6.07, 6.45) is 3.78. The van der Waals surface area contributed by atoms with E-state index in [1.165, 1.54) is 16.9 Å². The molecule has 3 aromatic rings. The minimum Gasteiger partial charge on any atom is -0.338 e. The SMILES string of the molecule is CCn1c(CCN(C)C)nc2sc(N3CCC[C@@H]3C(=O)CCc3ccccc3)nc2c1=O. The molecule has 0 spiro atoms. The number of anilines is 1. The molecule has 32 heavy (non-hydrogen) atoms. The van der Waals surface area contributed by atoms with E-state index < -0.39 is 0 Å². The van der Waals surface area contributed by atoms with Crippen molar-refractivity contribution in [2.75, 3.05) is 32.1 Å². The van der Waals surface area contributed by atoms with Gasteiger partial charge in [-0.25, -0.2) is 9.97 Å². The van der Waals surface area contributed by atoms with Gasteiger partial charge in [-0.05, 0) is 45.8 Å². The smallest absolute Gasteiger partial charge is 0.281 e. The number of hydrogen-bond acceptors (Lipinski definition) is 7. The zero-order chi connectivity index (χ0) is 22.7. The van der Waals surface area contributed by atoms with Crippen LogP contribution in [0.4, 0.5) is 5.13 Å². The molecule has 170 valence electrons. The summed E-state index contributed by atoms with van der Waals surface area (Å²) in [6, 6.07) is 9.96. The molecular weight excluding hydrogens is 422 g/mol. The van der Waals surface area contributed by atoms with Gasteiger partial charge in [0.2, 0.25) is 0 Å². The molecule has 0 radical (unpaired) electrons. The number of benzene rings is 1. The van der Waals surface area contributed by atoms with E-state index in [1.54, 1.807) is 4.57 Å². The molecular formula is C24H31N5O2S. The summed E-state index contributed by atoms with van der Waals surface area (Å²) in [5.41, 5.74) is 1.52. The van der Waals surface area contributed by atoms with Crippen molar-refractivity contribution in [1.29, 1.82) is 0 Å². The number of nitrogens with zero attached hydrogens (tertiary/aromatic N) is 5. The third kappa shape index (κ3) is 4.76. The highest BCUT2D eigenvalue weighted by molar-refractivity contribution is 7.21. The number of ketones is 1. The minimum absolute atomic E-state index is 0.0834. The van der Waals surface area contributed by atoms with Gasteiger partial charge in [0, 0.05) is 32.5 Å². The van der Waals surface area contributed by atoms with Gasteiger partial charge in [0.1, 0.15) is 5.82 Å². The van der Waals surface area contributed by atoms with E-state index >= 15 is 0 Å². The van der Waals surface area contributed by atoms with Crippen LogP contribution in [-0.2, 0) is 24.2 Å². The Morgan fingerprint density at radius 1 is 1.19 bits per heavy atom. The number of rotatable bonds is 9. The van der Waals surface area contributed by atoms with E-state index in [1.807, 2.05) is 39.2 Å². The number of carbonyl (C=O) groups is 1. The van der Waals surface area contributed by atoms with Crippen LogP contribution in [0.1, 0.15) is 37.6 Å². The third-order valence-corrected chi connectivity index (χ3v) is 7.05. The number of aromatic nitrogens is 3. The lowest BCUT2D eigenvalue weighted by Gasteiger charge is -2.22. The van der Waals surface area contributed by atoms with Crippen LogP contribution < -0.4 is 10.5 Å². The molecule has 0 aliphatic carbocycles. The van der Waals surface area contributed by atoms with E-state index in [9.17, 15) is 9.59 Å². The highest BCUT2D eigenvalue weighted by Crippen LogP contribution is 2.32. The van der Waals surface area contributed by atoms with Crippen LogP contribution in [0.3, 0.4) is 0 Å². The first-order valence-corrected chi connectivity index (χ1v) is 12.2. The Morgan fingerprint density at radius 3 is 2.69 bits per heavy atom. The number of fused-ring (bicyclic) bond motifs is 1. The topological polar surface area (TPSA) is 71.3 Å². The summed E-state index contributed by atoms with van der Waals surface area (Å²) in [6.45, 7) is 4.15.